The van der Waals surface area contributed by atoms with E-state index in [1.807, 2.05) is 0 Å². The van der Waals surface area contributed by atoms with Crippen molar-refractivity contribution in [3.63, 3.8) is 0 Å². The van der Waals surface area contributed by atoms with Crippen LogP contribution < -0.4 is 0 Å². The highest BCUT2D eigenvalue weighted by atomic mass is 127. The van der Waals surface area contributed by atoms with Crippen molar-refractivity contribution in [1.29, 1.82) is 0 Å². The Hall–Kier alpha value is -0.820. The van der Waals surface area contributed by atoms with Crippen LogP contribution in [0, 0.1) is 0 Å². The summed E-state index contributed by atoms with van der Waals surface area (Å²) in [6.45, 7) is 0. The summed E-state index contributed by atoms with van der Waals surface area (Å²) in [4.78, 5) is 0. The molecule has 1 atom stereocenters. The van der Waals surface area contributed by atoms with Crippen molar-refractivity contribution >= 4 is 22.6 Å². The highest BCUT2D eigenvalue weighted by molar-refractivity contribution is 14.1. The third kappa shape index (κ3) is 3.82. The van der Waals surface area contributed by atoms with Gasteiger partial charge >= 0.3 is 29.9 Å². The first-order valence-electron chi connectivity index (χ1n) is 6.26. The van der Waals surface area contributed by atoms with Crippen molar-refractivity contribution in [2.45, 2.75) is 40.2 Å². The zero-order valence-electron chi connectivity index (χ0n) is 11.7. The summed E-state index contributed by atoms with van der Waals surface area (Å²) in [5.41, 5.74) is -0.0236. The molecule has 0 N–H and O–H groups in total. The molecular formula is C13H8F11I. The quantitative estimate of drug-likeness (QED) is 0.233. The van der Waals surface area contributed by atoms with Crippen LogP contribution >= 0.6 is 22.6 Å². The molecule has 1 aromatic rings. The average molecular weight is 500 g/mol. The molecule has 1 aromatic carbocycles. The van der Waals surface area contributed by atoms with Crippen LogP contribution in [0.5, 0.6) is 0 Å². The summed E-state index contributed by atoms with van der Waals surface area (Å²) in [5.74, 6) is -27.5. The fourth-order valence-electron chi connectivity index (χ4n) is 1.74. The van der Waals surface area contributed by atoms with Gasteiger partial charge in [0, 0.05) is 10.3 Å². The smallest absolute Gasteiger partial charge is 0.200 e. The fraction of sp³-hybridized carbons (Fsp3) is 0.538. The second kappa shape index (κ2) is 6.72. The van der Waals surface area contributed by atoms with Gasteiger partial charge in [0.15, 0.2) is 0 Å². The Morgan fingerprint density at radius 1 is 0.680 bits per heavy atom. The largest absolute Gasteiger partial charge is 0.460 e. The van der Waals surface area contributed by atoms with E-state index >= 15 is 0 Å². The van der Waals surface area contributed by atoms with E-state index in [0.29, 0.717) is 0 Å². The van der Waals surface area contributed by atoms with E-state index < -0.39 is 40.2 Å². The SMILES string of the molecule is FC(F)(F)C(F)(F)C(F)(F)C(F)(F)C(F)(F)CC(I)c1ccccc1. The molecule has 12 heteroatoms. The maximum absolute atomic E-state index is 13.6. The summed E-state index contributed by atoms with van der Waals surface area (Å²) in [6, 6.07) is 6.40. The predicted octanol–water partition coefficient (Wildman–Crippen LogP) is 6.66. The van der Waals surface area contributed by atoms with Gasteiger partial charge in [-0.1, -0.05) is 52.9 Å². The summed E-state index contributed by atoms with van der Waals surface area (Å²) in [6.07, 6.45) is -9.22. The second-order valence-corrected chi connectivity index (χ2v) is 6.51. The Morgan fingerprint density at radius 2 is 1.12 bits per heavy atom. The highest BCUT2D eigenvalue weighted by Gasteiger charge is 2.86. The Labute approximate surface area is 147 Å². The minimum Gasteiger partial charge on any atom is -0.200 e. The molecular weight excluding hydrogens is 492 g/mol. The lowest BCUT2D eigenvalue weighted by atomic mass is 9.94. The van der Waals surface area contributed by atoms with Crippen LogP contribution in [0.15, 0.2) is 30.3 Å². The van der Waals surface area contributed by atoms with Gasteiger partial charge in [-0.15, -0.1) is 0 Å². The van der Waals surface area contributed by atoms with Crippen LogP contribution in [0.3, 0.4) is 0 Å². The molecule has 0 amide bonds. The van der Waals surface area contributed by atoms with Crippen LogP contribution in [-0.2, 0) is 0 Å². The van der Waals surface area contributed by atoms with Crippen molar-refractivity contribution in [2.24, 2.45) is 0 Å². The van der Waals surface area contributed by atoms with Gasteiger partial charge in [0.2, 0.25) is 0 Å². The van der Waals surface area contributed by atoms with E-state index in [1.165, 1.54) is 52.9 Å². The molecule has 0 fully saturated rings. The molecule has 0 aliphatic heterocycles. The van der Waals surface area contributed by atoms with Crippen LogP contribution in [0.4, 0.5) is 48.3 Å². The van der Waals surface area contributed by atoms with Gasteiger partial charge < -0.3 is 0 Å². The molecule has 1 rings (SSSR count). The van der Waals surface area contributed by atoms with Crippen molar-refractivity contribution in [1.82, 2.24) is 0 Å². The molecule has 0 nitrogen and oxygen atoms in total. The van der Waals surface area contributed by atoms with Gasteiger partial charge in [-0.05, 0) is 5.56 Å². The van der Waals surface area contributed by atoms with Gasteiger partial charge in [0.1, 0.15) is 0 Å². The van der Waals surface area contributed by atoms with Crippen LogP contribution in [0.25, 0.3) is 0 Å². The maximum atomic E-state index is 13.6. The van der Waals surface area contributed by atoms with Crippen molar-refractivity contribution in [2.75, 3.05) is 0 Å². The molecule has 1 unspecified atom stereocenters. The van der Waals surface area contributed by atoms with Gasteiger partial charge in [-0.3, -0.25) is 0 Å². The summed E-state index contributed by atoms with van der Waals surface area (Å²) in [7, 11) is 0. The number of rotatable bonds is 6. The van der Waals surface area contributed by atoms with Gasteiger partial charge in [0.25, 0.3) is 0 Å². The van der Waals surface area contributed by atoms with E-state index in [0.717, 1.165) is 0 Å². The summed E-state index contributed by atoms with van der Waals surface area (Å²) >= 11 is 1.17. The van der Waals surface area contributed by atoms with Crippen LogP contribution in [0.1, 0.15) is 15.9 Å². The average Bonchev–Trinajstić information content (AvgIpc) is 2.45. The molecule has 25 heavy (non-hydrogen) atoms. The van der Waals surface area contributed by atoms with Crippen LogP contribution in [-0.4, -0.2) is 29.9 Å². The lowest BCUT2D eigenvalue weighted by Crippen LogP contribution is -2.66. The fourth-order valence-corrected chi connectivity index (χ4v) is 2.71. The highest BCUT2D eigenvalue weighted by Crippen LogP contribution is 2.59. The minimum atomic E-state index is -7.35. The van der Waals surface area contributed by atoms with Crippen molar-refractivity contribution in [3.8, 4) is 0 Å². The van der Waals surface area contributed by atoms with E-state index in [2.05, 4.69) is 0 Å². The number of benzene rings is 1. The molecule has 0 bridgehead atoms. The van der Waals surface area contributed by atoms with E-state index in [1.54, 1.807) is 0 Å². The molecule has 0 aromatic heterocycles. The molecule has 0 radical (unpaired) electrons. The Bertz CT molecular complexity index is 579. The van der Waals surface area contributed by atoms with Gasteiger partial charge in [0.05, 0.1) is 0 Å². The standard InChI is InChI=1S/C13H8F11I/c14-9(15,6-8(25)7-4-2-1-3-5-7)10(16,17)11(18,19)12(20,21)13(22,23)24/h1-5,8H,6H2. The van der Waals surface area contributed by atoms with E-state index in [9.17, 15) is 48.3 Å². The zero-order chi connectivity index (χ0) is 19.9. The summed E-state index contributed by atoms with van der Waals surface area (Å²) < 4.78 is 140. The third-order valence-electron chi connectivity index (χ3n) is 3.20. The molecule has 0 spiro atoms. The van der Waals surface area contributed by atoms with E-state index in [4.69, 9.17) is 0 Å². The lowest BCUT2D eigenvalue weighted by Gasteiger charge is -2.37. The van der Waals surface area contributed by atoms with Crippen LogP contribution in [0.2, 0.25) is 0 Å². The number of hydrogen-bond acceptors (Lipinski definition) is 0. The molecule has 0 heterocycles. The monoisotopic (exact) mass is 500 g/mol. The minimum absolute atomic E-state index is 0.0236. The Morgan fingerprint density at radius 3 is 1.52 bits per heavy atom. The van der Waals surface area contributed by atoms with Gasteiger partial charge in [-0.25, -0.2) is 0 Å². The maximum Gasteiger partial charge on any atom is 0.460 e. The number of alkyl halides is 12. The first-order valence-corrected chi connectivity index (χ1v) is 7.50. The van der Waals surface area contributed by atoms with Crippen molar-refractivity contribution in [3.05, 3.63) is 35.9 Å². The predicted molar refractivity (Wildman–Crippen MR) is 73.7 cm³/mol. The molecule has 144 valence electrons. The first kappa shape index (κ1) is 22.2. The third-order valence-corrected chi connectivity index (χ3v) is 4.36. The topological polar surface area (TPSA) is 0 Å². The molecule has 0 aliphatic carbocycles. The second-order valence-electron chi connectivity index (χ2n) is 5.01. The van der Waals surface area contributed by atoms with E-state index in [-0.39, 0.29) is 5.56 Å². The molecule has 0 saturated carbocycles. The van der Waals surface area contributed by atoms with Crippen molar-refractivity contribution < 1.29 is 48.3 Å². The van der Waals surface area contributed by atoms with Gasteiger partial charge in [-0.2, -0.15) is 48.3 Å². The number of hydrogen-bond donors (Lipinski definition) is 0. The Balaban J connectivity index is 3.21. The first-order chi connectivity index (χ1) is 11.0. The number of halogens is 12. The summed E-state index contributed by atoms with van der Waals surface area (Å²) in [5, 5.41) is 0. The Kier molecular flexibility index (Phi) is 5.98. The lowest BCUT2D eigenvalue weighted by molar-refractivity contribution is -0.422. The molecule has 0 aliphatic rings. The normalized spacial score (nSPS) is 16.0. The molecule has 0 saturated heterocycles. The zero-order valence-corrected chi connectivity index (χ0v) is 13.9.